The fourth-order valence-electron chi connectivity index (χ4n) is 2.16. The summed E-state index contributed by atoms with van der Waals surface area (Å²) in [5.74, 6) is -1.44. The lowest BCUT2D eigenvalue weighted by molar-refractivity contribution is -0.385. The van der Waals surface area contributed by atoms with Crippen molar-refractivity contribution in [3.63, 3.8) is 0 Å². The zero-order chi connectivity index (χ0) is 16.3. The molecule has 1 aromatic carbocycles. The third-order valence-electron chi connectivity index (χ3n) is 3.35. The number of likely N-dealkylation sites (tertiary alicyclic amines) is 1. The minimum absolute atomic E-state index is 0.108. The average molecular weight is 307 g/mol. The van der Waals surface area contributed by atoms with Crippen LogP contribution in [0.1, 0.15) is 12.0 Å². The molecule has 1 aliphatic rings. The largest absolute Gasteiger partial charge is 0.344 e. The van der Waals surface area contributed by atoms with Crippen LogP contribution in [0.4, 0.5) is 10.1 Å². The maximum Gasteiger partial charge on any atom is 0.279 e. The summed E-state index contributed by atoms with van der Waals surface area (Å²) in [6.45, 7) is 0.566. The van der Waals surface area contributed by atoms with E-state index < -0.39 is 28.4 Å². The number of rotatable bonds is 4. The van der Waals surface area contributed by atoms with E-state index in [2.05, 4.69) is 5.32 Å². The summed E-state index contributed by atoms with van der Waals surface area (Å²) >= 11 is 0. The van der Waals surface area contributed by atoms with Crippen molar-refractivity contribution in [3.05, 3.63) is 45.8 Å². The first kappa shape index (κ1) is 15.6. The van der Waals surface area contributed by atoms with E-state index in [1.54, 1.807) is 7.05 Å². The van der Waals surface area contributed by atoms with E-state index in [0.29, 0.717) is 13.0 Å². The fourth-order valence-corrected chi connectivity index (χ4v) is 2.16. The highest BCUT2D eigenvalue weighted by atomic mass is 19.1. The number of nitrogens with zero attached hydrogens (tertiary/aromatic N) is 2. The number of hydrogen-bond donors (Lipinski definition) is 1. The molecule has 0 bridgehead atoms. The van der Waals surface area contributed by atoms with Crippen LogP contribution < -0.4 is 5.32 Å². The number of halogens is 1. The van der Waals surface area contributed by atoms with Crippen molar-refractivity contribution in [1.82, 2.24) is 10.2 Å². The van der Waals surface area contributed by atoms with Crippen molar-refractivity contribution in [2.75, 3.05) is 13.6 Å². The smallest absolute Gasteiger partial charge is 0.279 e. The maximum atomic E-state index is 13.0. The van der Waals surface area contributed by atoms with Crippen molar-refractivity contribution in [3.8, 4) is 0 Å². The van der Waals surface area contributed by atoms with E-state index in [0.717, 1.165) is 18.2 Å². The van der Waals surface area contributed by atoms with E-state index in [-0.39, 0.29) is 11.5 Å². The molecule has 0 aliphatic carbocycles. The van der Waals surface area contributed by atoms with Gasteiger partial charge in [-0.3, -0.25) is 19.7 Å². The van der Waals surface area contributed by atoms with Crippen LogP contribution in [-0.2, 0) is 9.59 Å². The first-order valence-corrected chi connectivity index (χ1v) is 6.56. The third kappa shape index (κ3) is 3.46. The molecule has 8 heteroatoms. The number of hydrogen-bond acceptors (Lipinski definition) is 4. The molecule has 116 valence electrons. The van der Waals surface area contributed by atoms with E-state index >= 15 is 0 Å². The van der Waals surface area contributed by atoms with E-state index in [4.69, 9.17) is 0 Å². The van der Waals surface area contributed by atoms with Gasteiger partial charge in [0.25, 0.3) is 5.69 Å². The number of nitro benzene ring substituents is 1. The molecule has 0 saturated carbocycles. The van der Waals surface area contributed by atoms with Gasteiger partial charge in [0.2, 0.25) is 11.8 Å². The molecular weight excluding hydrogens is 293 g/mol. The van der Waals surface area contributed by atoms with Gasteiger partial charge in [-0.05, 0) is 24.6 Å². The molecule has 0 spiro atoms. The normalized spacial score (nSPS) is 18.0. The van der Waals surface area contributed by atoms with E-state index in [1.165, 1.54) is 17.0 Å². The molecule has 0 unspecified atom stereocenters. The van der Waals surface area contributed by atoms with Gasteiger partial charge in [0.1, 0.15) is 11.9 Å². The van der Waals surface area contributed by atoms with E-state index in [9.17, 15) is 24.1 Å². The number of carbonyl (C=O) groups is 2. The van der Waals surface area contributed by atoms with Gasteiger partial charge in [-0.2, -0.15) is 0 Å². The molecule has 0 aromatic heterocycles. The van der Waals surface area contributed by atoms with Crippen LogP contribution in [0.2, 0.25) is 0 Å². The number of benzene rings is 1. The lowest BCUT2D eigenvalue weighted by atomic mass is 10.1. The Morgan fingerprint density at radius 1 is 1.55 bits per heavy atom. The van der Waals surface area contributed by atoms with Gasteiger partial charge >= 0.3 is 0 Å². The standard InChI is InChI=1S/C14H14FN3O4/c1-17-7-6-11(14(17)20)16-13(19)5-3-9-2-4-10(15)8-12(9)18(21)22/h2-5,8,11H,6-7H2,1H3,(H,16,19)/b5-3+/t11-/m1/s1. The van der Waals surface area contributed by atoms with E-state index in [1.807, 2.05) is 0 Å². The van der Waals surface area contributed by atoms with Gasteiger partial charge in [0.05, 0.1) is 16.6 Å². The van der Waals surface area contributed by atoms with Crippen molar-refractivity contribution in [1.29, 1.82) is 0 Å². The average Bonchev–Trinajstić information content (AvgIpc) is 2.78. The Morgan fingerprint density at radius 3 is 2.86 bits per heavy atom. The van der Waals surface area contributed by atoms with Gasteiger partial charge in [0, 0.05) is 19.7 Å². The Hall–Kier alpha value is -2.77. The Labute approximate surface area is 125 Å². The summed E-state index contributed by atoms with van der Waals surface area (Å²) in [6.07, 6.45) is 2.83. The van der Waals surface area contributed by atoms with Crippen LogP contribution in [0, 0.1) is 15.9 Å². The van der Waals surface area contributed by atoms with Gasteiger partial charge in [-0.1, -0.05) is 0 Å². The molecule has 1 heterocycles. The Balaban J connectivity index is 2.07. The summed E-state index contributed by atoms with van der Waals surface area (Å²) in [5, 5.41) is 13.4. The summed E-state index contributed by atoms with van der Waals surface area (Å²) in [7, 11) is 1.65. The number of nitrogens with one attached hydrogen (secondary N) is 1. The third-order valence-corrected chi connectivity index (χ3v) is 3.35. The molecular formula is C14H14FN3O4. The SMILES string of the molecule is CN1CC[C@@H](NC(=O)/C=C/c2ccc(F)cc2[N+](=O)[O-])C1=O. The first-order chi connectivity index (χ1) is 10.4. The van der Waals surface area contributed by atoms with Gasteiger partial charge < -0.3 is 10.2 Å². The second-order valence-corrected chi connectivity index (χ2v) is 4.90. The highest BCUT2D eigenvalue weighted by molar-refractivity contribution is 5.96. The Bertz CT molecular complexity index is 659. The molecule has 2 rings (SSSR count). The molecule has 1 atom stereocenters. The number of amides is 2. The van der Waals surface area contributed by atoms with Crippen molar-refractivity contribution in [2.24, 2.45) is 0 Å². The minimum Gasteiger partial charge on any atom is -0.344 e. The van der Waals surface area contributed by atoms with Crippen LogP contribution in [0.5, 0.6) is 0 Å². The monoisotopic (exact) mass is 307 g/mol. The van der Waals surface area contributed by atoms with Crippen LogP contribution in [-0.4, -0.2) is 41.3 Å². The van der Waals surface area contributed by atoms with Gasteiger partial charge in [-0.25, -0.2) is 4.39 Å². The fraction of sp³-hybridized carbons (Fsp3) is 0.286. The maximum absolute atomic E-state index is 13.0. The minimum atomic E-state index is -0.729. The second kappa shape index (κ2) is 6.33. The molecule has 1 aromatic rings. The molecule has 7 nitrogen and oxygen atoms in total. The van der Waals surface area contributed by atoms with Crippen molar-refractivity contribution >= 4 is 23.6 Å². The summed E-state index contributed by atoms with van der Waals surface area (Å²) in [4.78, 5) is 35.0. The van der Waals surface area contributed by atoms with Gasteiger partial charge in [0.15, 0.2) is 0 Å². The first-order valence-electron chi connectivity index (χ1n) is 6.56. The quantitative estimate of drug-likeness (QED) is 0.512. The number of carbonyl (C=O) groups excluding carboxylic acids is 2. The Morgan fingerprint density at radius 2 is 2.27 bits per heavy atom. The van der Waals surface area contributed by atoms with Crippen LogP contribution >= 0.6 is 0 Å². The van der Waals surface area contributed by atoms with Gasteiger partial charge in [-0.15, -0.1) is 0 Å². The summed E-state index contributed by atoms with van der Waals surface area (Å²) in [5.41, 5.74) is -0.322. The molecule has 2 amide bonds. The molecule has 1 aliphatic heterocycles. The second-order valence-electron chi connectivity index (χ2n) is 4.90. The molecule has 22 heavy (non-hydrogen) atoms. The van der Waals surface area contributed by atoms with Crippen molar-refractivity contribution < 1.29 is 18.9 Å². The molecule has 1 saturated heterocycles. The topological polar surface area (TPSA) is 92.6 Å². The highest BCUT2D eigenvalue weighted by Gasteiger charge is 2.29. The predicted octanol–water partition coefficient (Wildman–Crippen LogP) is 1.09. The van der Waals surface area contributed by atoms with Crippen LogP contribution in [0.3, 0.4) is 0 Å². The summed E-state index contributed by atoms with van der Waals surface area (Å²) in [6, 6.07) is 2.49. The highest BCUT2D eigenvalue weighted by Crippen LogP contribution is 2.21. The molecule has 0 radical (unpaired) electrons. The lowest BCUT2D eigenvalue weighted by Gasteiger charge is -2.10. The zero-order valence-corrected chi connectivity index (χ0v) is 11.8. The molecule has 1 N–H and O–H groups in total. The lowest BCUT2D eigenvalue weighted by Crippen LogP contribution is -2.39. The molecule has 1 fully saturated rings. The van der Waals surface area contributed by atoms with Crippen LogP contribution in [0.25, 0.3) is 6.08 Å². The van der Waals surface area contributed by atoms with Crippen LogP contribution in [0.15, 0.2) is 24.3 Å². The van der Waals surface area contributed by atoms with Crippen molar-refractivity contribution in [2.45, 2.75) is 12.5 Å². The number of likely N-dealkylation sites (N-methyl/N-ethyl adjacent to an activating group) is 1. The Kier molecular flexibility index (Phi) is 4.50. The predicted molar refractivity (Wildman–Crippen MR) is 76.3 cm³/mol. The summed E-state index contributed by atoms with van der Waals surface area (Å²) < 4.78 is 13.0. The number of nitro groups is 1. The zero-order valence-electron chi connectivity index (χ0n) is 11.8.